The SMILES string of the molecule is CC(NC(=O)C1CCCCC1)C(=O)NC(C)(CO)C1CC1. The molecule has 0 spiro atoms. The molecule has 2 unspecified atom stereocenters. The molecular weight excluding hydrogens is 268 g/mol. The van der Waals surface area contributed by atoms with E-state index in [0.29, 0.717) is 5.92 Å². The molecule has 0 saturated heterocycles. The molecule has 21 heavy (non-hydrogen) atoms. The first kappa shape index (κ1) is 16.3. The number of carbonyl (C=O) groups is 2. The number of hydrogen-bond acceptors (Lipinski definition) is 3. The Labute approximate surface area is 126 Å². The van der Waals surface area contributed by atoms with Gasteiger partial charge < -0.3 is 15.7 Å². The lowest BCUT2D eigenvalue weighted by Gasteiger charge is -2.31. The predicted octanol–water partition coefficient (Wildman–Crippen LogP) is 1.35. The summed E-state index contributed by atoms with van der Waals surface area (Å²) in [5.41, 5.74) is -0.555. The van der Waals surface area contributed by atoms with Crippen LogP contribution in [0.2, 0.25) is 0 Å². The molecular formula is C16H28N2O3. The summed E-state index contributed by atoms with van der Waals surface area (Å²) in [6.07, 6.45) is 7.34. The van der Waals surface area contributed by atoms with E-state index in [2.05, 4.69) is 10.6 Å². The topological polar surface area (TPSA) is 78.4 Å². The Bertz CT molecular complexity index is 389. The Kier molecular flexibility index (Phi) is 5.25. The largest absolute Gasteiger partial charge is 0.394 e. The van der Waals surface area contributed by atoms with Crippen molar-refractivity contribution in [3.05, 3.63) is 0 Å². The van der Waals surface area contributed by atoms with Crippen LogP contribution in [0.1, 0.15) is 58.8 Å². The summed E-state index contributed by atoms with van der Waals surface area (Å²) < 4.78 is 0. The molecule has 2 atom stereocenters. The molecule has 0 aromatic rings. The van der Waals surface area contributed by atoms with E-state index in [1.165, 1.54) is 6.42 Å². The number of carbonyl (C=O) groups excluding carboxylic acids is 2. The molecule has 2 aliphatic rings. The smallest absolute Gasteiger partial charge is 0.242 e. The second-order valence-electron chi connectivity index (χ2n) is 6.90. The molecule has 0 heterocycles. The van der Waals surface area contributed by atoms with Crippen molar-refractivity contribution in [2.24, 2.45) is 11.8 Å². The average Bonchev–Trinajstić information content (AvgIpc) is 3.33. The first-order chi connectivity index (χ1) is 9.96. The normalized spacial score (nSPS) is 24.0. The Morgan fingerprint density at radius 2 is 1.81 bits per heavy atom. The number of aliphatic hydroxyl groups excluding tert-OH is 1. The zero-order valence-electron chi connectivity index (χ0n) is 13.2. The van der Waals surface area contributed by atoms with E-state index in [0.717, 1.165) is 38.5 Å². The van der Waals surface area contributed by atoms with Crippen LogP contribution in [0.15, 0.2) is 0 Å². The lowest BCUT2D eigenvalue weighted by molar-refractivity contribution is -0.132. The lowest BCUT2D eigenvalue weighted by Crippen LogP contribution is -2.56. The molecule has 0 aromatic heterocycles. The molecule has 120 valence electrons. The van der Waals surface area contributed by atoms with E-state index in [4.69, 9.17) is 0 Å². The van der Waals surface area contributed by atoms with Gasteiger partial charge in [0.25, 0.3) is 0 Å². The summed E-state index contributed by atoms with van der Waals surface area (Å²) in [5, 5.41) is 15.2. The third kappa shape index (κ3) is 4.19. The minimum Gasteiger partial charge on any atom is -0.394 e. The molecule has 0 aromatic carbocycles. The van der Waals surface area contributed by atoms with Crippen LogP contribution in [0.5, 0.6) is 0 Å². The predicted molar refractivity (Wildman–Crippen MR) is 80.5 cm³/mol. The van der Waals surface area contributed by atoms with Gasteiger partial charge in [0.15, 0.2) is 0 Å². The lowest BCUT2D eigenvalue weighted by atomic mass is 9.88. The van der Waals surface area contributed by atoms with Crippen molar-refractivity contribution >= 4 is 11.8 Å². The van der Waals surface area contributed by atoms with Crippen molar-refractivity contribution in [3.8, 4) is 0 Å². The van der Waals surface area contributed by atoms with Gasteiger partial charge in [0.1, 0.15) is 6.04 Å². The van der Waals surface area contributed by atoms with Crippen molar-refractivity contribution in [2.45, 2.75) is 70.4 Å². The second kappa shape index (κ2) is 6.77. The quantitative estimate of drug-likeness (QED) is 0.692. The molecule has 2 amide bonds. The van der Waals surface area contributed by atoms with E-state index >= 15 is 0 Å². The highest BCUT2D eigenvalue weighted by atomic mass is 16.3. The zero-order chi connectivity index (χ0) is 15.5. The van der Waals surface area contributed by atoms with Gasteiger partial charge in [0.2, 0.25) is 11.8 Å². The summed E-state index contributed by atoms with van der Waals surface area (Å²) in [5.74, 6) is 0.200. The van der Waals surface area contributed by atoms with Crippen molar-refractivity contribution in [2.75, 3.05) is 6.61 Å². The van der Waals surface area contributed by atoms with E-state index in [9.17, 15) is 14.7 Å². The molecule has 2 aliphatic carbocycles. The van der Waals surface area contributed by atoms with Gasteiger partial charge in [-0.1, -0.05) is 19.3 Å². The zero-order valence-corrected chi connectivity index (χ0v) is 13.2. The molecule has 5 nitrogen and oxygen atoms in total. The van der Waals surface area contributed by atoms with Crippen LogP contribution in [0.25, 0.3) is 0 Å². The number of amides is 2. The minimum atomic E-state index is -0.555. The van der Waals surface area contributed by atoms with E-state index in [-0.39, 0.29) is 24.3 Å². The first-order valence-electron chi connectivity index (χ1n) is 8.19. The maximum absolute atomic E-state index is 12.2. The fourth-order valence-electron chi connectivity index (χ4n) is 3.14. The van der Waals surface area contributed by atoms with E-state index < -0.39 is 11.6 Å². The molecule has 0 radical (unpaired) electrons. The molecule has 3 N–H and O–H groups in total. The maximum Gasteiger partial charge on any atom is 0.242 e. The Morgan fingerprint density at radius 3 is 2.33 bits per heavy atom. The fourth-order valence-corrected chi connectivity index (χ4v) is 3.14. The standard InChI is InChI=1S/C16H28N2O3/c1-11(17-15(21)12-6-4-3-5-7-12)14(20)18-16(2,10-19)13-8-9-13/h11-13,19H,3-10H2,1-2H3,(H,17,21)(H,18,20). The van der Waals surface area contributed by atoms with Crippen molar-refractivity contribution < 1.29 is 14.7 Å². The summed E-state index contributed by atoms with van der Waals surface area (Å²) in [7, 11) is 0. The van der Waals surface area contributed by atoms with Crippen LogP contribution in [-0.2, 0) is 9.59 Å². The third-order valence-corrected chi connectivity index (χ3v) is 4.94. The Morgan fingerprint density at radius 1 is 1.19 bits per heavy atom. The monoisotopic (exact) mass is 296 g/mol. The van der Waals surface area contributed by atoms with Crippen LogP contribution in [0.3, 0.4) is 0 Å². The van der Waals surface area contributed by atoms with Gasteiger partial charge in [0.05, 0.1) is 12.1 Å². The molecule has 0 bridgehead atoms. The van der Waals surface area contributed by atoms with Crippen molar-refractivity contribution in [1.82, 2.24) is 10.6 Å². The summed E-state index contributed by atoms with van der Waals surface area (Å²) in [6.45, 7) is 3.52. The van der Waals surface area contributed by atoms with Gasteiger partial charge in [-0.2, -0.15) is 0 Å². The highest BCUT2D eigenvalue weighted by Gasteiger charge is 2.42. The Hall–Kier alpha value is -1.10. The Balaban J connectivity index is 1.82. The van der Waals surface area contributed by atoms with Crippen LogP contribution >= 0.6 is 0 Å². The first-order valence-corrected chi connectivity index (χ1v) is 8.19. The summed E-state index contributed by atoms with van der Waals surface area (Å²) in [6, 6.07) is -0.552. The number of rotatable bonds is 6. The van der Waals surface area contributed by atoms with Gasteiger partial charge in [0, 0.05) is 5.92 Å². The summed E-state index contributed by atoms with van der Waals surface area (Å²) in [4.78, 5) is 24.4. The number of aliphatic hydroxyl groups is 1. The van der Waals surface area contributed by atoms with Gasteiger partial charge in [-0.15, -0.1) is 0 Å². The molecule has 2 saturated carbocycles. The van der Waals surface area contributed by atoms with E-state index in [1.54, 1.807) is 6.92 Å². The molecule has 2 fully saturated rings. The molecule has 5 heteroatoms. The van der Waals surface area contributed by atoms with Gasteiger partial charge in [-0.25, -0.2) is 0 Å². The third-order valence-electron chi connectivity index (χ3n) is 4.94. The number of hydrogen-bond donors (Lipinski definition) is 3. The van der Waals surface area contributed by atoms with Gasteiger partial charge >= 0.3 is 0 Å². The highest BCUT2D eigenvalue weighted by Crippen LogP contribution is 2.39. The number of nitrogens with one attached hydrogen (secondary N) is 2. The highest BCUT2D eigenvalue weighted by molar-refractivity contribution is 5.88. The summed E-state index contributed by atoms with van der Waals surface area (Å²) >= 11 is 0. The van der Waals surface area contributed by atoms with Gasteiger partial charge in [-0.05, 0) is 45.4 Å². The van der Waals surface area contributed by atoms with E-state index in [1.807, 2.05) is 6.92 Å². The maximum atomic E-state index is 12.2. The van der Waals surface area contributed by atoms with Crippen molar-refractivity contribution in [1.29, 1.82) is 0 Å². The minimum absolute atomic E-state index is 0.00512. The van der Waals surface area contributed by atoms with Crippen LogP contribution in [0.4, 0.5) is 0 Å². The van der Waals surface area contributed by atoms with Crippen LogP contribution in [0, 0.1) is 11.8 Å². The van der Waals surface area contributed by atoms with Crippen molar-refractivity contribution in [3.63, 3.8) is 0 Å². The molecule has 0 aliphatic heterocycles. The second-order valence-corrected chi connectivity index (χ2v) is 6.90. The van der Waals surface area contributed by atoms with Crippen LogP contribution in [-0.4, -0.2) is 35.1 Å². The van der Waals surface area contributed by atoms with Gasteiger partial charge in [-0.3, -0.25) is 9.59 Å². The molecule has 2 rings (SSSR count). The van der Waals surface area contributed by atoms with Crippen LogP contribution < -0.4 is 10.6 Å². The fraction of sp³-hybridized carbons (Fsp3) is 0.875. The average molecular weight is 296 g/mol.